The van der Waals surface area contributed by atoms with E-state index in [0.717, 1.165) is 11.3 Å². The van der Waals surface area contributed by atoms with Gasteiger partial charge in [-0.2, -0.15) is 0 Å². The smallest absolute Gasteiger partial charge is 0.161 e. The molecule has 0 saturated carbocycles. The number of nitrogen functional groups attached to an aromatic ring is 1. The number of hydrogen-bond donors (Lipinski definition) is 2. The van der Waals surface area contributed by atoms with Crippen molar-refractivity contribution in [2.45, 2.75) is 40.0 Å². The van der Waals surface area contributed by atoms with Gasteiger partial charge in [0, 0.05) is 17.0 Å². The molecular weight excluding hydrogens is 248 g/mol. The molecule has 4 heteroatoms. The molecule has 0 unspecified atom stereocenters. The highest BCUT2D eigenvalue weighted by Crippen LogP contribution is 2.26. The van der Waals surface area contributed by atoms with E-state index in [-0.39, 0.29) is 5.41 Å². The number of benzene rings is 1. The summed E-state index contributed by atoms with van der Waals surface area (Å²) >= 11 is 0. The molecule has 0 amide bonds. The van der Waals surface area contributed by atoms with Gasteiger partial charge in [-0.15, -0.1) is 0 Å². The highest BCUT2D eigenvalue weighted by Gasteiger charge is 2.18. The molecule has 1 heterocycles. The van der Waals surface area contributed by atoms with E-state index in [9.17, 15) is 0 Å². The Hall–Kier alpha value is -1.94. The van der Waals surface area contributed by atoms with Crippen molar-refractivity contribution in [2.24, 2.45) is 5.84 Å². The average Bonchev–Trinajstić information content (AvgIpc) is 2.36. The third-order valence-electron chi connectivity index (χ3n) is 3.12. The molecule has 0 fully saturated rings. The summed E-state index contributed by atoms with van der Waals surface area (Å²) in [4.78, 5) is 9.17. The van der Waals surface area contributed by atoms with E-state index in [0.29, 0.717) is 11.6 Å². The molecule has 20 heavy (non-hydrogen) atoms. The Morgan fingerprint density at radius 1 is 0.950 bits per heavy atom. The Kier molecular flexibility index (Phi) is 3.77. The van der Waals surface area contributed by atoms with Gasteiger partial charge in [0.2, 0.25) is 0 Å². The van der Waals surface area contributed by atoms with Crippen molar-refractivity contribution in [1.29, 1.82) is 0 Å². The molecule has 1 aromatic carbocycles. The van der Waals surface area contributed by atoms with Crippen LogP contribution in [0.3, 0.4) is 0 Å². The second-order valence-electron chi connectivity index (χ2n) is 6.23. The Morgan fingerprint density at radius 2 is 1.55 bits per heavy atom. The monoisotopic (exact) mass is 270 g/mol. The predicted octanol–water partition coefficient (Wildman–Crippen LogP) is 3.34. The standard InChI is InChI=1S/C16H22N4/c1-10-6-11(2)8-12(7-10)15-18-13(16(3,4)5)9-14(19-15)20-17/h6-9H,17H2,1-5H3,(H,18,19,20). The van der Waals surface area contributed by atoms with Crippen molar-refractivity contribution in [3.63, 3.8) is 0 Å². The van der Waals surface area contributed by atoms with Crippen LogP contribution in [-0.4, -0.2) is 9.97 Å². The van der Waals surface area contributed by atoms with Gasteiger partial charge >= 0.3 is 0 Å². The summed E-state index contributed by atoms with van der Waals surface area (Å²) in [5, 5.41) is 0. The fraction of sp³-hybridized carbons (Fsp3) is 0.375. The molecule has 0 aliphatic carbocycles. The van der Waals surface area contributed by atoms with Crippen LogP contribution in [0.4, 0.5) is 5.82 Å². The molecule has 2 rings (SSSR count). The van der Waals surface area contributed by atoms with Gasteiger partial charge in [0.15, 0.2) is 5.82 Å². The Labute approximate surface area is 120 Å². The summed E-state index contributed by atoms with van der Waals surface area (Å²) in [5.41, 5.74) is 6.96. The number of nitrogens with two attached hydrogens (primary N) is 1. The van der Waals surface area contributed by atoms with Crippen molar-refractivity contribution >= 4 is 5.82 Å². The van der Waals surface area contributed by atoms with Crippen LogP contribution in [0.2, 0.25) is 0 Å². The molecule has 1 aromatic heterocycles. The first-order valence-electron chi connectivity index (χ1n) is 6.74. The zero-order valence-electron chi connectivity index (χ0n) is 12.8. The molecule has 0 aliphatic heterocycles. The molecule has 106 valence electrons. The quantitative estimate of drug-likeness (QED) is 0.649. The Bertz CT molecular complexity index is 607. The summed E-state index contributed by atoms with van der Waals surface area (Å²) in [5.74, 6) is 6.87. The molecule has 0 saturated heterocycles. The second kappa shape index (κ2) is 5.21. The van der Waals surface area contributed by atoms with E-state index in [1.54, 1.807) is 0 Å². The zero-order valence-corrected chi connectivity index (χ0v) is 12.8. The average molecular weight is 270 g/mol. The SMILES string of the molecule is Cc1cc(C)cc(-c2nc(NN)cc(C(C)(C)C)n2)c1. The first-order valence-corrected chi connectivity index (χ1v) is 6.74. The number of nitrogens with one attached hydrogen (secondary N) is 1. The third kappa shape index (κ3) is 3.14. The number of rotatable bonds is 2. The van der Waals surface area contributed by atoms with Crippen molar-refractivity contribution in [3.8, 4) is 11.4 Å². The molecule has 0 radical (unpaired) electrons. The summed E-state index contributed by atoms with van der Waals surface area (Å²) in [6.07, 6.45) is 0. The van der Waals surface area contributed by atoms with Crippen LogP contribution in [0, 0.1) is 13.8 Å². The van der Waals surface area contributed by atoms with Crippen LogP contribution in [0.5, 0.6) is 0 Å². The van der Waals surface area contributed by atoms with E-state index in [1.165, 1.54) is 11.1 Å². The van der Waals surface area contributed by atoms with Crippen LogP contribution < -0.4 is 11.3 Å². The van der Waals surface area contributed by atoms with Gasteiger partial charge in [-0.25, -0.2) is 15.8 Å². The second-order valence-corrected chi connectivity index (χ2v) is 6.23. The van der Waals surface area contributed by atoms with Crippen LogP contribution in [0.25, 0.3) is 11.4 Å². The normalized spacial score (nSPS) is 11.5. The summed E-state index contributed by atoms with van der Waals surface area (Å²) < 4.78 is 0. The summed E-state index contributed by atoms with van der Waals surface area (Å²) in [7, 11) is 0. The third-order valence-corrected chi connectivity index (χ3v) is 3.12. The van der Waals surface area contributed by atoms with Crippen LogP contribution in [0.1, 0.15) is 37.6 Å². The van der Waals surface area contributed by atoms with Gasteiger partial charge in [0.25, 0.3) is 0 Å². The topological polar surface area (TPSA) is 63.8 Å². The fourth-order valence-corrected chi connectivity index (χ4v) is 2.14. The van der Waals surface area contributed by atoms with E-state index in [2.05, 4.69) is 63.2 Å². The summed E-state index contributed by atoms with van der Waals surface area (Å²) in [6.45, 7) is 10.5. The number of hydrazine groups is 1. The van der Waals surface area contributed by atoms with Gasteiger partial charge in [0.1, 0.15) is 5.82 Å². The lowest BCUT2D eigenvalue weighted by atomic mass is 9.91. The zero-order chi connectivity index (χ0) is 14.9. The van der Waals surface area contributed by atoms with Gasteiger partial charge in [0.05, 0.1) is 5.69 Å². The van der Waals surface area contributed by atoms with E-state index < -0.39 is 0 Å². The lowest BCUT2D eigenvalue weighted by Crippen LogP contribution is -2.17. The van der Waals surface area contributed by atoms with Crippen molar-refractivity contribution in [1.82, 2.24) is 9.97 Å². The number of aryl methyl sites for hydroxylation is 2. The molecule has 2 aromatic rings. The lowest BCUT2D eigenvalue weighted by Gasteiger charge is -2.19. The highest BCUT2D eigenvalue weighted by molar-refractivity contribution is 5.60. The maximum Gasteiger partial charge on any atom is 0.161 e. The lowest BCUT2D eigenvalue weighted by molar-refractivity contribution is 0.568. The van der Waals surface area contributed by atoms with Crippen LogP contribution in [-0.2, 0) is 5.41 Å². The van der Waals surface area contributed by atoms with E-state index >= 15 is 0 Å². The largest absolute Gasteiger partial charge is 0.308 e. The van der Waals surface area contributed by atoms with Gasteiger partial charge < -0.3 is 5.43 Å². The van der Waals surface area contributed by atoms with Crippen molar-refractivity contribution in [2.75, 3.05) is 5.43 Å². The van der Waals surface area contributed by atoms with Gasteiger partial charge in [-0.05, 0) is 26.0 Å². The van der Waals surface area contributed by atoms with Gasteiger partial charge in [-0.1, -0.05) is 38.0 Å². The maximum absolute atomic E-state index is 5.53. The molecule has 0 spiro atoms. The minimum Gasteiger partial charge on any atom is -0.308 e. The fourth-order valence-electron chi connectivity index (χ4n) is 2.14. The minimum atomic E-state index is -0.0534. The van der Waals surface area contributed by atoms with Crippen molar-refractivity contribution in [3.05, 3.63) is 41.1 Å². The van der Waals surface area contributed by atoms with Crippen LogP contribution in [0.15, 0.2) is 24.3 Å². The van der Waals surface area contributed by atoms with Gasteiger partial charge in [-0.3, -0.25) is 0 Å². The molecule has 4 nitrogen and oxygen atoms in total. The molecule has 0 aliphatic rings. The predicted molar refractivity (Wildman–Crippen MR) is 83.5 cm³/mol. The molecule has 0 bridgehead atoms. The molecular formula is C16H22N4. The van der Waals surface area contributed by atoms with Crippen molar-refractivity contribution < 1.29 is 0 Å². The minimum absolute atomic E-state index is 0.0534. The highest BCUT2D eigenvalue weighted by atomic mass is 15.3. The number of anilines is 1. The Balaban J connectivity index is 2.61. The molecule has 3 N–H and O–H groups in total. The first-order chi connectivity index (χ1) is 9.29. The number of hydrogen-bond acceptors (Lipinski definition) is 4. The molecule has 0 atom stereocenters. The first kappa shape index (κ1) is 14.5. The van der Waals surface area contributed by atoms with Crippen LogP contribution >= 0.6 is 0 Å². The number of aromatic nitrogens is 2. The Morgan fingerprint density at radius 3 is 2.05 bits per heavy atom. The van der Waals surface area contributed by atoms with E-state index in [1.807, 2.05) is 6.07 Å². The summed E-state index contributed by atoms with van der Waals surface area (Å²) in [6, 6.07) is 8.22. The van der Waals surface area contributed by atoms with E-state index in [4.69, 9.17) is 10.8 Å². The number of nitrogens with zero attached hydrogens (tertiary/aromatic N) is 2. The maximum atomic E-state index is 5.53.